The quantitative estimate of drug-likeness (QED) is 0.698. The molecule has 0 spiro atoms. The highest BCUT2D eigenvalue weighted by atomic mass is 35.5. The second kappa shape index (κ2) is 7.37. The van der Waals surface area contributed by atoms with Gasteiger partial charge in [-0.25, -0.2) is 9.37 Å². The maximum absolute atomic E-state index is 13.3. The number of aromatic nitrogens is 1. The number of nitrogens with one attached hydrogen (secondary N) is 2. The van der Waals surface area contributed by atoms with E-state index in [1.165, 1.54) is 29.3 Å². The van der Waals surface area contributed by atoms with Gasteiger partial charge in [0.2, 0.25) is 0 Å². The summed E-state index contributed by atoms with van der Waals surface area (Å²) in [6, 6.07) is 17.3. The molecule has 4 nitrogen and oxygen atoms in total. The Morgan fingerprint density at radius 3 is 2.48 bits per heavy atom. The van der Waals surface area contributed by atoms with Gasteiger partial charge >= 0.3 is 0 Å². The molecule has 2 N–H and O–H groups in total. The number of anilines is 2. The van der Waals surface area contributed by atoms with E-state index in [1.54, 1.807) is 18.2 Å². The molecule has 0 aliphatic heterocycles. The van der Waals surface area contributed by atoms with Gasteiger partial charge in [0, 0.05) is 16.8 Å². The summed E-state index contributed by atoms with van der Waals surface area (Å²) in [5.41, 5.74) is 3.27. The third-order valence-corrected chi connectivity index (χ3v) is 4.72. The van der Waals surface area contributed by atoms with Gasteiger partial charge in [-0.3, -0.25) is 4.79 Å². The summed E-state index contributed by atoms with van der Waals surface area (Å²) in [6.45, 7) is 0. The van der Waals surface area contributed by atoms with Crippen LogP contribution in [0.1, 0.15) is 21.6 Å². The van der Waals surface area contributed by atoms with Crippen molar-refractivity contribution in [3.63, 3.8) is 0 Å². The van der Waals surface area contributed by atoms with E-state index in [1.807, 2.05) is 12.1 Å². The molecule has 27 heavy (non-hydrogen) atoms. The first-order chi connectivity index (χ1) is 13.1. The molecule has 0 atom stereocenters. The van der Waals surface area contributed by atoms with Crippen molar-refractivity contribution < 1.29 is 9.18 Å². The van der Waals surface area contributed by atoms with Crippen LogP contribution in [0.4, 0.5) is 15.9 Å². The number of fused-ring (bicyclic) bond motifs is 1. The van der Waals surface area contributed by atoms with Crippen molar-refractivity contribution in [2.45, 2.75) is 18.9 Å². The Hall–Kier alpha value is -2.92. The van der Waals surface area contributed by atoms with Crippen molar-refractivity contribution in [3.8, 4) is 0 Å². The van der Waals surface area contributed by atoms with E-state index >= 15 is 0 Å². The fourth-order valence-corrected chi connectivity index (χ4v) is 3.52. The van der Waals surface area contributed by atoms with Gasteiger partial charge in [0.05, 0.1) is 0 Å². The third-order valence-electron chi connectivity index (χ3n) is 4.51. The van der Waals surface area contributed by atoms with E-state index < -0.39 is 0 Å². The SMILES string of the molecule is O=C(NC1Cc2ccccc2C1)c1cc(Cl)cc(Nc2cccc(F)c2)n1. The average molecular weight is 382 g/mol. The number of carbonyl (C=O) groups is 1. The van der Waals surface area contributed by atoms with Crippen LogP contribution in [-0.2, 0) is 12.8 Å². The molecule has 6 heteroatoms. The number of rotatable bonds is 4. The number of halogens is 2. The van der Waals surface area contributed by atoms with Crippen molar-refractivity contribution in [1.29, 1.82) is 0 Å². The zero-order valence-electron chi connectivity index (χ0n) is 14.4. The van der Waals surface area contributed by atoms with Gasteiger partial charge < -0.3 is 10.6 Å². The largest absolute Gasteiger partial charge is 0.347 e. The fourth-order valence-electron chi connectivity index (χ4n) is 3.31. The Morgan fingerprint density at radius 1 is 1.04 bits per heavy atom. The predicted molar refractivity (Wildman–Crippen MR) is 104 cm³/mol. The summed E-state index contributed by atoms with van der Waals surface area (Å²) in [5, 5.41) is 6.37. The van der Waals surface area contributed by atoms with E-state index in [0.717, 1.165) is 12.8 Å². The van der Waals surface area contributed by atoms with Crippen LogP contribution >= 0.6 is 11.6 Å². The first-order valence-electron chi connectivity index (χ1n) is 8.64. The number of hydrogen-bond acceptors (Lipinski definition) is 3. The summed E-state index contributed by atoms with van der Waals surface area (Å²) in [5.74, 6) is -0.258. The van der Waals surface area contributed by atoms with Crippen molar-refractivity contribution in [3.05, 3.63) is 88.3 Å². The highest BCUT2D eigenvalue weighted by molar-refractivity contribution is 6.31. The van der Waals surface area contributed by atoms with E-state index in [9.17, 15) is 9.18 Å². The number of carbonyl (C=O) groups excluding carboxylic acids is 1. The smallest absolute Gasteiger partial charge is 0.270 e. The lowest BCUT2D eigenvalue weighted by Gasteiger charge is -2.13. The van der Waals surface area contributed by atoms with Gasteiger partial charge in [0.25, 0.3) is 5.91 Å². The molecule has 0 saturated heterocycles. The molecular weight excluding hydrogens is 365 g/mol. The summed E-state index contributed by atoms with van der Waals surface area (Å²) >= 11 is 6.15. The van der Waals surface area contributed by atoms with Gasteiger partial charge in [0.15, 0.2) is 0 Å². The molecule has 4 rings (SSSR count). The Labute approximate surface area is 161 Å². The molecule has 2 aromatic carbocycles. The molecule has 0 radical (unpaired) electrons. The molecule has 0 saturated carbocycles. The van der Waals surface area contributed by atoms with Gasteiger partial charge in [-0.1, -0.05) is 41.9 Å². The number of nitrogens with zero attached hydrogens (tertiary/aromatic N) is 1. The summed E-state index contributed by atoms with van der Waals surface area (Å²) < 4.78 is 13.3. The number of amides is 1. The maximum Gasteiger partial charge on any atom is 0.270 e. The Balaban J connectivity index is 1.48. The third kappa shape index (κ3) is 4.09. The van der Waals surface area contributed by atoms with E-state index in [-0.39, 0.29) is 23.5 Å². The molecule has 3 aromatic rings. The Bertz CT molecular complexity index is 983. The molecule has 1 aliphatic carbocycles. The van der Waals surface area contributed by atoms with Crippen LogP contribution in [0, 0.1) is 5.82 Å². The topological polar surface area (TPSA) is 54.0 Å². The minimum Gasteiger partial charge on any atom is -0.347 e. The lowest BCUT2D eigenvalue weighted by atomic mass is 10.1. The molecule has 0 fully saturated rings. The fraction of sp³-hybridized carbons (Fsp3) is 0.143. The molecule has 1 aliphatic rings. The molecule has 136 valence electrons. The Kier molecular flexibility index (Phi) is 4.77. The van der Waals surface area contributed by atoms with E-state index in [2.05, 4.69) is 27.8 Å². The minimum absolute atomic E-state index is 0.0373. The molecule has 1 heterocycles. The number of pyridine rings is 1. The molecule has 0 unspecified atom stereocenters. The molecule has 1 amide bonds. The maximum atomic E-state index is 13.3. The molecule has 0 bridgehead atoms. The summed E-state index contributed by atoms with van der Waals surface area (Å²) in [7, 11) is 0. The zero-order chi connectivity index (χ0) is 18.8. The van der Waals surface area contributed by atoms with Crippen molar-refractivity contribution in [2.24, 2.45) is 0 Å². The first kappa shape index (κ1) is 17.5. The van der Waals surface area contributed by atoms with E-state index in [0.29, 0.717) is 16.5 Å². The zero-order valence-corrected chi connectivity index (χ0v) is 15.1. The van der Waals surface area contributed by atoms with Gasteiger partial charge in [-0.15, -0.1) is 0 Å². The van der Waals surface area contributed by atoms with Crippen LogP contribution in [0.15, 0.2) is 60.7 Å². The number of hydrogen-bond donors (Lipinski definition) is 2. The first-order valence-corrected chi connectivity index (χ1v) is 9.02. The standard InChI is InChI=1S/C21H17ClFN3O/c22-15-10-19(26-20(11-15)24-17-7-3-6-16(23)12-17)21(27)25-18-8-13-4-1-2-5-14(13)9-18/h1-7,10-12,18H,8-9H2,(H,24,26)(H,25,27). The average Bonchev–Trinajstić information content (AvgIpc) is 3.03. The second-order valence-corrected chi connectivity index (χ2v) is 6.97. The molecule has 1 aromatic heterocycles. The van der Waals surface area contributed by atoms with Gasteiger partial charge in [0.1, 0.15) is 17.3 Å². The van der Waals surface area contributed by atoms with Crippen molar-refractivity contribution >= 4 is 29.0 Å². The monoisotopic (exact) mass is 381 g/mol. The van der Waals surface area contributed by atoms with Crippen LogP contribution in [0.3, 0.4) is 0 Å². The van der Waals surface area contributed by atoms with Crippen LogP contribution in [-0.4, -0.2) is 16.9 Å². The molecular formula is C21H17ClFN3O. The van der Waals surface area contributed by atoms with Gasteiger partial charge in [-0.05, 0) is 54.3 Å². The van der Waals surface area contributed by atoms with Crippen LogP contribution in [0.2, 0.25) is 5.02 Å². The normalized spacial score (nSPS) is 13.3. The van der Waals surface area contributed by atoms with Crippen LogP contribution in [0.25, 0.3) is 0 Å². The lowest BCUT2D eigenvalue weighted by Crippen LogP contribution is -2.35. The van der Waals surface area contributed by atoms with E-state index in [4.69, 9.17) is 11.6 Å². The highest BCUT2D eigenvalue weighted by Crippen LogP contribution is 2.23. The van der Waals surface area contributed by atoms with Crippen LogP contribution < -0.4 is 10.6 Å². The highest BCUT2D eigenvalue weighted by Gasteiger charge is 2.23. The minimum atomic E-state index is -0.360. The van der Waals surface area contributed by atoms with Crippen LogP contribution in [0.5, 0.6) is 0 Å². The van der Waals surface area contributed by atoms with Gasteiger partial charge in [-0.2, -0.15) is 0 Å². The number of benzene rings is 2. The predicted octanol–water partition coefficient (Wildman–Crippen LogP) is 4.51. The lowest BCUT2D eigenvalue weighted by molar-refractivity contribution is 0.0933. The summed E-state index contributed by atoms with van der Waals surface area (Å²) in [6.07, 6.45) is 1.60. The van der Waals surface area contributed by atoms with Crippen molar-refractivity contribution in [1.82, 2.24) is 10.3 Å². The Morgan fingerprint density at radius 2 is 1.78 bits per heavy atom. The second-order valence-electron chi connectivity index (χ2n) is 6.54. The summed E-state index contributed by atoms with van der Waals surface area (Å²) in [4.78, 5) is 17.0. The van der Waals surface area contributed by atoms with Crippen molar-refractivity contribution in [2.75, 3.05) is 5.32 Å².